The molecule has 0 aliphatic rings. The lowest BCUT2D eigenvalue weighted by atomic mass is 10.1. The van der Waals surface area contributed by atoms with Crippen molar-refractivity contribution in [2.24, 2.45) is 0 Å². The zero-order valence-electron chi connectivity index (χ0n) is 12.6. The fourth-order valence-electron chi connectivity index (χ4n) is 2.17. The van der Waals surface area contributed by atoms with Crippen molar-refractivity contribution in [3.05, 3.63) is 36.4 Å². The quantitative estimate of drug-likeness (QED) is 0.890. The van der Waals surface area contributed by atoms with Gasteiger partial charge in [-0.25, -0.2) is 13.1 Å². The summed E-state index contributed by atoms with van der Waals surface area (Å²) in [6.45, 7) is 6.25. The number of hydrogen-bond donors (Lipinski definition) is 1. The van der Waals surface area contributed by atoms with Crippen LogP contribution in [-0.4, -0.2) is 21.1 Å². The first-order valence-corrected chi connectivity index (χ1v) is 8.64. The van der Waals surface area contributed by atoms with E-state index < -0.39 is 10.0 Å². The molecule has 0 spiro atoms. The Labute approximate surface area is 126 Å². The van der Waals surface area contributed by atoms with Gasteiger partial charge in [0.25, 0.3) is 0 Å². The zero-order chi connectivity index (χ0) is 15.5. The Balaban J connectivity index is 2.58. The van der Waals surface area contributed by atoms with Crippen LogP contribution in [0.25, 0.3) is 10.8 Å². The maximum atomic E-state index is 12.5. The zero-order valence-corrected chi connectivity index (χ0v) is 13.4. The summed E-state index contributed by atoms with van der Waals surface area (Å²) in [7, 11) is -3.54. The molecular formula is C16H21NO3S. The van der Waals surface area contributed by atoms with Crippen LogP contribution in [0, 0.1) is 0 Å². The predicted molar refractivity (Wildman–Crippen MR) is 85.2 cm³/mol. The van der Waals surface area contributed by atoms with Crippen molar-refractivity contribution in [3.63, 3.8) is 0 Å². The molecule has 0 saturated carbocycles. The van der Waals surface area contributed by atoms with E-state index in [0.717, 1.165) is 11.8 Å². The molecule has 2 rings (SSSR count). The first-order valence-electron chi connectivity index (χ1n) is 7.16. The Morgan fingerprint density at radius 3 is 2.38 bits per heavy atom. The van der Waals surface area contributed by atoms with Gasteiger partial charge < -0.3 is 4.74 Å². The third-order valence-electron chi connectivity index (χ3n) is 3.40. The third kappa shape index (κ3) is 3.36. The molecule has 4 nitrogen and oxygen atoms in total. The molecule has 0 amide bonds. The first kappa shape index (κ1) is 15.8. The van der Waals surface area contributed by atoms with Gasteiger partial charge in [0, 0.05) is 16.8 Å². The Morgan fingerprint density at radius 2 is 1.76 bits per heavy atom. The van der Waals surface area contributed by atoms with Crippen LogP contribution in [-0.2, 0) is 10.0 Å². The van der Waals surface area contributed by atoms with Crippen molar-refractivity contribution >= 4 is 20.8 Å². The highest BCUT2D eigenvalue weighted by Gasteiger charge is 2.20. The van der Waals surface area contributed by atoms with Gasteiger partial charge in [-0.1, -0.05) is 31.2 Å². The monoisotopic (exact) mass is 307 g/mol. The molecule has 0 aromatic heterocycles. The van der Waals surface area contributed by atoms with Crippen LogP contribution >= 0.6 is 0 Å². The minimum atomic E-state index is -3.54. The fourth-order valence-corrected chi connectivity index (χ4v) is 3.71. The number of benzene rings is 2. The molecule has 1 atom stereocenters. The molecule has 0 aliphatic carbocycles. The maximum Gasteiger partial charge on any atom is 0.241 e. The van der Waals surface area contributed by atoms with Crippen LogP contribution in [0.5, 0.6) is 5.75 Å². The van der Waals surface area contributed by atoms with E-state index in [1.165, 1.54) is 0 Å². The molecule has 1 unspecified atom stereocenters. The van der Waals surface area contributed by atoms with Gasteiger partial charge in [-0.2, -0.15) is 0 Å². The highest BCUT2D eigenvalue weighted by atomic mass is 32.2. The number of fused-ring (bicyclic) bond motifs is 1. The summed E-state index contributed by atoms with van der Waals surface area (Å²) < 4.78 is 33.3. The van der Waals surface area contributed by atoms with Crippen LogP contribution in [0.1, 0.15) is 27.2 Å². The van der Waals surface area contributed by atoms with E-state index >= 15 is 0 Å². The largest absolute Gasteiger partial charge is 0.493 e. The smallest absolute Gasteiger partial charge is 0.241 e. The predicted octanol–water partition coefficient (Wildman–Crippen LogP) is 3.32. The Hall–Kier alpha value is -1.59. The molecule has 114 valence electrons. The van der Waals surface area contributed by atoms with Gasteiger partial charge >= 0.3 is 0 Å². The topological polar surface area (TPSA) is 55.4 Å². The van der Waals surface area contributed by atoms with Gasteiger partial charge in [0.05, 0.1) is 11.5 Å². The van der Waals surface area contributed by atoms with E-state index in [0.29, 0.717) is 22.6 Å². The molecule has 0 fully saturated rings. The van der Waals surface area contributed by atoms with Crippen molar-refractivity contribution in [2.45, 2.75) is 38.1 Å². The Kier molecular flexibility index (Phi) is 4.85. The Morgan fingerprint density at radius 1 is 1.10 bits per heavy atom. The van der Waals surface area contributed by atoms with Crippen LogP contribution in [0.2, 0.25) is 0 Å². The number of nitrogens with one attached hydrogen (secondary N) is 1. The van der Waals surface area contributed by atoms with E-state index in [1.54, 1.807) is 12.1 Å². The molecule has 0 aliphatic heterocycles. The number of sulfonamides is 1. The minimum absolute atomic E-state index is 0.0969. The van der Waals surface area contributed by atoms with Crippen LogP contribution in [0.4, 0.5) is 0 Å². The van der Waals surface area contributed by atoms with Crippen molar-refractivity contribution < 1.29 is 13.2 Å². The fraction of sp³-hybridized carbons (Fsp3) is 0.375. The van der Waals surface area contributed by atoms with Crippen molar-refractivity contribution in [2.75, 3.05) is 6.61 Å². The molecular weight excluding hydrogens is 286 g/mol. The van der Waals surface area contributed by atoms with Gasteiger partial charge in [-0.3, -0.25) is 0 Å². The highest BCUT2D eigenvalue weighted by Crippen LogP contribution is 2.31. The lowest BCUT2D eigenvalue weighted by molar-refractivity contribution is 0.344. The van der Waals surface area contributed by atoms with Crippen LogP contribution < -0.4 is 9.46 Å². The van der Waals surface area contributed by atoms with E-state index in [1.807, 2.05) is 45.0 Å². The maximum absolute atomic E-state index is 12.5. The van der Waals surface area contributed by atoms with Gasteiger partial charge in [-0.15, -0.1) is 0 Å². The molecule has 0 saturated heterocycles. The number of hydrogen-bond acceptors (Lipinski definition) is 3. The Bertz CT molecular complexity index is 725. The summed E-state index contributed by atoms with van der Waals surface area (Å²) in [5.74, 6) is 0.704. The molecule has 2 aromatic carbocycles. The first-order chi connectivity index (χ1) is 9.99. The van der Waals surface area contributed by atoms with Gasteiger partial charge in [0.2, 0.25) is 10.0 Å². The SMILES string of the molecule is CCOc1ccc(S(=O)(=O)NC(C)CC)c2ccccc12. The van der Waals surface area contributed by atoms with Crippen molar-refractivity contribution in [1.82, 2.24) is 4.72 Å². The summed E-state index contributed by atoms with van der Waals surface area (Å²) in [5.41, 5.74) is 0. The molecule has 0 radical (unpaired) electrons. The minimum Gasteiger partial charge on any atom is -0.493 e. The average molecular weight is 307 g/mol. The third-order valence-corrected chi connectivity index (χ3v) is 5.05. The number of ether oxygens (including phenoxy) is 1. The summed E-state index contributed by atoms with van der Waals surface area (Å²) in [6, 6.07) is 10.6. The van der Waals surface area contributed by atoms with Crippen LogP contribution in [0.15, 0.2) is 41.3 Å². The molecule has 0 bridgehead atoms. The van der Waals surface area contributed by atoms with Crippen molar-refractivity contribution in [3.8, 4) is 5.75 Å². The van der Waals surface area contributed by atoms with Gasteiger partial charge in [-0.05, 0) is 32.4 Å². The van der Waals surface area contributed by atoms with E-state index in [9.17, 15) is 8.42 Å². The van der Waals surface area contributed by atoms with Gasteiger partial charge in [0.1, 0.15) is 5.75 Å². The summed E-state index contributed by atoms with van der Waals surface area (Å²) in [4.78, 5) is 0.293. The standard InChI is InChI=1S/C16H21NO3S/c1-4-12(3)17-21(18,19)16-11-10-15(20-5-2)13-8-6-7-9-14(13)16/h6-12,17H,4-5H2,1-3H3. The van der Waals surface area contributed by atoms with E-state index in [2.05, 4.69) is 4.72 Å². The second kappa shape index (κ2) is 6.45. The van der Waals surface area contributed by atoms with Gasteiger partial charge in [0.15, 0.2) is 0 Å². The summed E-state index contributed by atoms with van der Waals surface area (Å²) in [5, 5.41) is 1.49. The molecule has 0 heterocycles. The summed E-state index contributed by atoms with van der Waals surface area (Å²) in [6.07, 6.45) is 0.744. The summed E-state index contributed by atoms with van der Waals surface area (Å²) >= 11 is 0. The molecule has 21 heavy (non-hydrogen) atoms. The highest BCUT2D eigenvalue weighted by molar-refractivity contribution is 7.89. The van der Waals surface area contributed by atoms with Crippen LogP contribution in [0.3, 0.4) is 0 Å². The second-order valence-corrected chi connectivity index (χ2v) is 6.65. The van der Waals surface area contributed by atoms with Crippen molar-refractivity contribution in [1.29, 1.82) is 0 Å². The molecule has 2 aromatic rings. The second-order valence-electron chi connectivity index (χ2n) is 4.97. The average Bonchev–Trinajstić information content (AvgIpc) is 2.47. The number of rotatable bonds is 6. The molecule has 5 heteroatoms. The lowest BCUT2D eigenvalue weighted by Crippen LogP contribution is -2.32. The van der Waals surface area contributed by atoms with E-state index in [-0.39, 0.29) is 6.04 Å². The van der Waals surface area contributed by atoms with E-state index in [4.69, 9.17) is 4.74 Å². The normalized spacial score (nSPS) is 13.3. The lowest BCUT2D eigenvalue weighted by Gasteiger charge is -2.15. The molecule has 1 N–H and O–H groups in total.